The molecule has 3 rings (SSSR count). The molecule has 0 atom stereocenters. The summed E-state index contributed by atoms with van der Waals surface area (Å²) >= 11 is 0. The third kappa shape index (κ3) is 1.73. The Bertz CT molecular complexity index is 598. The second kappa shape index (κ2) is 4.18. The summed E-state index contributed by atoms with van der Waals surface area (Å²) in [5.74, 6) is 1.39. The maximum Gasteiger partial charge on any atom is 0.216 e. The van der Waals surface area contributed by atoms with Gasteiger partial charge in [-0.15, -0.1) is 0 Å². The second-order valence-electron chi connectivity index (χ2n) is 4.18. The average Bonchev–Trinajstić information content (AvgIpc) is 3.02. The van der Waals surface area contributed by atoms with Gasteiger partial charge in [-0.2, -0.15) is 5.10 Å². The minimum Gasteiger partial charge on any atom is -0.476 e. The third-order valence-corrected chi connectivity index (χ3v) is 3.01. The molecule has 5 heteroatoms. The van der Waals surface area contributed by atoms with E-state index in [1.807, 2.05) is 31.3 Å². The van der Waals surface area contributed by atoms with Crippen molar-refractivity contribution in [1.82, 2.24) is 9.78 Å². The minimum absolute atomic E-state index is 0.664. The number of nitrogens with zero attached hydrogens (tertiary/aromatic N) is 3. The van der Waals surface area contributed by atoms with Crippen LogP contribution in [0.3, 0.4) is 0 Å². The van der Waals surface area contributed by atoms with Crippen molar-refractivity contribution in [3.05, 3.63) is 36.0 Å². The summed E-state index contributed by atoms with van der Waals surface area (Å²) in [4.78, 5) is 4.28. The number of nitrogen functional groups attached to an aromatic ring is 1. The van der Waals surface area contributed by atoms with Crippen LogP contribution in [0, 0.1) is 0 Å². The van der Waals surface area contributed by atoms with E-state index in [0.717, 1.165) is 29.1 Å². The number of hydrogen-bond donors (Lipinski definition) is 1. The lowest BCUT2D eigenvalue weighted by molar-refractivity contribution is 0.348. The molecule has 0 spiro atoms. The lowest BCUT2D eigenvalue weighted by Crippen LogP contribution is -2.01. The molecule has 92 valence electrons. The monoisotopic (exact) mass is 242 g/mol. The van der Waals surface area contributed by atoms with E-state index >= 15 is 0 Å². The summed E-state index contributed by atoms with van der Waals surface area (Å²) in [7, 11) is 1.83. The van der Waals surface area contributed by atoms with E-state index in [1.165, 1.54) is 0 Å². The number of anilines is 1. The molecule has 0 saturated heterocycles. The van der Waals surface area contributed by atoms with Crippen LogP contribution in [0.4, 0.5) is 5.82 Å². The fourth-order valence-corrected chi connectivity index (χ4v) is 1.97. The summed E-state index contributed by atoms with van der Waals surface area (Å²) in [6, 6.07) is 8.00. The Morgan fingerprint density at radius 3 is 2.50 bits per heavy atom. The molecule has 0 amide bonds. The zero-order valence-corrected chi connectivity index (χ0v) is 10.1. The van der Waals surface area contributed by atoms with Crippen LogP contribution < -0.4 is 5.73 Å². The maximum absolute atomic E-state index is 5.95. The summed E-state index contributed by atoms with van der Waals surface area (Å²) in [6.07, 6.45) is 1.77. The first-order chi connectivity index (χ1) is 8.75. The summed E-state index contributed by atoms with van der Waals surface area (Å²) < 4.78 is 7.08. The predicted octanol–water partition coefficient (Wildman–Crippen LogP) is 1.45. The van der Waals surface area contributed by atoms with E-state index in [2.05, 4.69) is 10.1 Å². The molecule has 2 N–H and O–H groups in total. The van der Waals surface area contributed by atoms with Crippen molar-refractivity contribution in [3.8, 4) is 11.1 Å². The van der Waals surface area contributed by atoms with Gasteiger partial charge in [-0.3, -0.25) is 4.68 Å². The number of aryl methyl sites for hydroxylation is 1. The van der Waals surface area contributed by atoms with Gasteiger partial charge < -0.3 is 10.5 Å². The first-order valence-electron chi connectivity index (χ1n) is 5.81. The molecule has 0 bridgehead atoms. The highest BCUT2D eigenvalue weighted by Gasteiger charge is 2.11. The van der Waals surface area contributed by atoms with Gasteiger partial charge in [0.15, 0.2) is 0 Å². The van der Waals surface area contributed by atoms with Crippen LogP contribution in [0.25, 0.3) is 11.1 Å². The van der Waals surface area contributed by atoms with Crippen LogP contribution >= 0.6 is 0 Å². The van der Waals surface area contributed by atoms with Gasteiger partial charge in [0.25, 0.3) is 0 Å². The second-order valence-corrected chi connectivity index (χ2v) is 4.18. The zero-order valence-electron chi connectivity index (χ0n) is 10.1. The van der Waals surface area contributed by atoms with E-state index in [0.29, 0.717) is 12.4 Å². The Morgan fingerprint density at radius 2 is 1.94 bits per heavy atom. The predicted molar refractivity (Wildman–Crippen MR) is 70.4 cm³/mol. The molecule has 0 radical (unpaired) electrons. The number of hydrogen-bond acceptors (Lipinski definition) is 4. The number of ether oxygens (including phenoxy) is 1. The number of benzene rings is 1. The molecule has 0 fully saturated rings. The number of nitrogens with two attached hydrogens (primary N) is 1. The molecule has 0 saturated carbocycles. The highest BCUT2D eigenvalue weighted by Crippen LogP contribution is 2.25. The van der Waals surface area contributed by atoms with Crippen molar-refractivity contribution in [2.45, 2.75) is 0 Å². The van der Waals surface area contributed by atoms with Crippen molar-refractivity contribution in [1.29, 1.82) is 0 Å². The fraction of sp³-hybridized carbons (Fsp3) is 0.231. The van der Waals surface area contributed by atoms with Crippen molar-refractivity contribution in [2.24, 2.45) is 12.0 Å². The Labute approximate surface area is 105 Å². The van der Waals surface area contributed by atoms with Crippen molar-refractivity contribution >= 4 is 11.7 Å². The zero-order chi connectivity index (χ0) is 12.5. The average molecular weight is 242 g/mol. The molecule has 2 heterocycles. The lowest BCUT2D eigenvalue weighted by atomic mass is 10.1. The molecule has 1 aromatic heterocycles. The molecule has 1 aliphatic rings. The van der Waals surface area contributed by atoms with E-state index in [9.17, 15) is 0 Å². The smallest absolute Gasteiger partial charge is 0.216 e. The molecule has 1 aliphatic heterocycles. The molecule has 1 aromatic carbocycles. The number of aromatic nitrogens is 2. The number of aliphatic imine (C=N–C) groups is 1. The summed E-state index contributed by atoms with van der Waals surface area (Å²) in [5, 5.41) is 4.14. The quantitative estimate of drug-likeness (QED) is 0.866. The summed E-state index contributed by atoms with van der Waals surface area (Å²) in [6.45, 7) is 1.42. The lowest BCUT2D eigenvalue weighted by Gasteiger charge is -2.04. The van der Waals surface area contributed by atoms with Gasteiger partial charge in [-0.25, -0.2) is 4.99 Å². The molecule has 0 unspecified atom stereocenters. The summed E-state index contributed by atoms with van der Waals surface area (Å²) in [5.41, 5.74) is 8.93. The highest BCUT2D eigenvalue weighted by atomic mass is 16.5. The van der Waals surface area contributed by atoms with Crippen LogP contribution in [0.1, 0.15) is 5.56 Å². The van der Waals surface area contributed by atoms with Crippen molar-refractivity contribution < 1.29 is 4.74 Å². The van der Waals surface area contributed by atoms with Crippen LogP contribution in [-0.4, -0.2) is 28.8 Å². The minimum atomic E-state index is 0.664. The van der Waals surface area contributed by atoms with Gasteiger partial charge in [0.1, 0.15) is 12.4 Å². The Hall–Kier alpha value is -2.30. The van der Waals surface area contributed by atoms with Crippen molar-refractivity contribution in [3.63, 3.8) is 0 Å². The van der Waals surface area contributed by atoms with Gasteiger partial charge in [0.05, 0.1) is 12.7 Å². The van der Waals surface area contributed by atoms with Crippen LogP contribution in [0.2, 0.25) is 0 Å². The molecular formula is C13H14N4O. The number of rotatable bonds is 2. The van der Waals surface area contributed by atoms with E-state index in [-0.39, 0.29) is 0 Å². The SMILES string of the molecule is Cn1ncc(-c2ccc(C3=NCCO3)cc2)c1N. The Balaban J connectivity index is 1.93. The van der Waals surface area contributed by atoms with Gasteiger partial charge >= 0.3 is 0 Å². The molecule has 18 heavy (non-hydrogen) atoms. The standard InChI is InChI=1S/C13H14N4O/c1-17-12(14)11(8-16-17)9-2-4-10(5-3-9)13-15-6-7-18-13/h2-5,8H,6-7,14H2,1H3. The van der Waals surface area contributed by atoms with Gasteiger partial charge in [0.2, 0.25) is 5.90 Å². The first-order valence-corrected chi connectivity index (χ1v) is 5.81. The first kappa shape index (κ1) is 10.8. The fourth-order valence-electron chi connectivity index (χ4n) is 1.97. The molecule has 5 nitrogen and oxygen atoms in total. The molecule has 0 aliphatic carbocycles. The van der Waals surface area contributed by atoms with Crippen molar-refractivity contribution in [2.75, 3.05) is 18.9 Å². The largest absolute Gasteiger partial charge is 0.476 e. The van der Waals surface area contributed by atoms with Gasteiger partial charge in [-0.1, -0.05) is 12.1 Å². The van der Waals surface area contributed by atoms with E-state index < -0.39 is 0 Å². The van der Waals surface area contributed by atoms with E-state index in [4.69, 9.17) is 10.5 Å². The maximum atomic E-state index is 5.95. The molecule has 2 aromatic rings. The van der Waals surface area contributed by atoms with Gasteiger partial charge in [-0.05, 0) is 17.7 Å². The van der Waals surface area contributed by atoms with E-state index in [1.54, 1.807) is 10.9 Å². The highest BCUT2D eigenvalue weighted by molar-refractivity contribution is 5.95. The van der Waals surface area contributed by atoms with Crippen LogP contribution in [0.15, 0.2) is 35.5 Å². The normalized spacial score (nSPS) is 14.4. The Kier molecular flexibility index (Phi) is 2.51. The molecular weight excluding hydrogens is 228 g/mol. The Morgan fingerprint density at radius 1 is 1.22 bits per heavy atom. The van der Waals surface area contributed by atoms with Crippen LogP contribution in [-0.2, 0) is 11.8 Å². The van der Waals surface area contributed by atoms with Gasteiger partial charge in [0, 0.05) is 18.2 Å². The van der Waals surface area contributed by atoms with Crippen LogP contribution in [0.5, 0.6) is 0 Å². The third-order valence-electron chi connectivity index (χ3n) is 3.01. The topological polar surface area (TPSA) is 65.4 Å².